The molecular formula is C39H41N7O8. The van der Waals surface area contributed by atoms with Gasteiger partial charge in [0, 0.05) is 50.6 Å². The third-order valence-electron chi connectivity index (χ3n) is 8.79. The molecule has 3 amide bonds. The number of aliphatic carboxylic acids is 1. The number of unbranched alkanes of at least 4 members (excludes halogenated alkanes) is 2. The van der Waals surface area contributed by atoms with Gasteiger partial charge in [-0.2, -0.15) is 5.10 Å². The molecule has 3 aromatic rings. The summed E-state index contributed by atoms with van der Waals surface area (Å²) in [7, 11) is 1.49. The van der Waals surface area contributed by atoms with Gasteiger partial charge in [-0.05, 0) is 81.3 Å². The molecule has 15 heteroatoms. The first-order chi connectivity index (χ1) is 26.1. The van der Waals surface area contributed by atoms with Gasteiger partial charge in [0.05, 0.1) is 18.2 Å². The number of ether oxygens (including phenoxy) is 2. The van der Waals surface area contributed by atoms with E-state index in [0.29, 0.717) is 79.3 Å². The number of rotatable bonds is 16. The molecule has 2 aromatic carbocycles. The Morgan fingerprint density at radius 1 is 1.02 bits per heavy atom. The van der Waals surface area contributed by atoms with Crippen LogP contribution in [-0.4, -0.2) is 100 Å². The number of hydrogen-bond acceptors (Lipinski definition) is 10. The number of carboxylic acids is 1. The normalized spacial score (nSPS) is 16.0. The van der Waals surface area contributed by atoms with E-state index in [2.05, 4.69) is 28.6 Å². The van der Waals surface area contributed by atoms with Crippen molar-refractivity contribution < 1.29 is 38.6 Å². The van der Waals surface area contributed by atoms with Crippen LogP contribution < -0.4 is 10.1 Å². The standard InChI is InChI=1S/C39H41N7O8/c1-4-31(47)44-21-11-12-27(25-44)46-37(41-3)34(35(43-46)26-15-17-29(18-16-26)54-28-13-7-5-8-14-28)36(40-2)42-24-30(38(50)51)39(52)53-23-10-6-9-22-45-32(48)19-20-33(45)49/h4-5,7-8,13-20,24,27H,1,3,6,9-12,21-23,25H2,2H3,(H,40,42)(H,50,51)/b30-24+. The molecule has 0 saturated carbocycles. The Bertz CT molecular complexity index is 1980. The second-order valence-corrected chi connectivity index (χ2v) is 12.3. The average Bonchev–Trinajstić information content (AvgIpc) is 3.73. The Kier molecular flexibility index (Phi) is 13.0. The van der Waals surface area contributed by atoms with E-state index in [1.54, 1.807) is 21.7 Å². The molecule has 5 rings (SSSR count). The molecule has 0 aliphatic carbocycles. The second-order valence-electron chi connectivity index (χ2n) is 12.3. The van der Waals surface area contributed by atoms with E-state index >= 15 is 0 Å². The zero-order chi connectivity index (χ0) is 38.6. The van der Waals surface area contributed by atoms with Crippen LogP contribution in [0.5, 0.6) is 11.5 Å². The number of hydrogen-bond donors (Lipinski definition) is 2. The van der Waals surface area contributed by atoms with Gasteiger partial charge in [0.2, 0.25) is 5.91 Å². The van der Waals surface area contributed by atoms with Gasteiger partial charge in [-0.3, -0.25) is 24.3 Å². The van der Waals surface area contributed by atoms with Gasteiger partial charge in [0.25, 0.3) is 11.8 Å². The highest BCUT2D eigenvalue weighted by molar-refractivity contribution is 6.15. The number of amidine groups is 1. The first kappa shape index (κ1) is 38.6. The van der Waals surface area contributed by atoms with Crippen molar-refractivity contribution in [3.05, 3.63) is 96.7 Å². The van der Waals surface area contributed by atoms with Crippen LogP contribution in [0.1, 0.15) is 43.7 Å². The Balaban J connectivity index is 1.37. The minimum atomic E-state index is -1.53. The highest BCUT2D eigenvalue weighted by Gasteiger charge is 2.31. The Labute approximate surface area is 312 Å². The van der Waals surface area contributed by atoms with Gasteiger partial charge in [0.1, 0.15) is 23.0 Å². The number of esters is 1. The molecule has 2 aliphatic heterocycles. The molecule has 2 aliphatic rings. The number of carbonyl (C=O) groups is 5. The number of amides is 3. The van der Waals surface area contributed by atoms with Crippen LogP contribution in [0.2, 0.25) is 0 Å². The predicted molar refractivity (Wildman–Crippen MR) is 200 cm³/mol. The highest BCUT2D eigenvalue weighted by atomic mass is 16.5. The maximum Gasteiger partial charge on any atom is 0.347 e. The van der Waals surface area contributed by atoms with Crippen LogP contribution in [0.15, 0.2) is 101 Å². The molecule has 1 unspecified atom stereocenters. The minimum Gasteiger partial charge on any atom is -0.477 e. The van der Waals surface area contributed by atoms with Crippen molar-refractivity contribution in [2.75, 3.05) is 33.3 Å². The molecule has 1 fully saturated rings. The summed E-state index contributed by atoms with van der Waals surface area (Å²) in [5.74, 6) is -1.81. The lowest BCUT2D eigenvalue weighted by atomic mass is 10.0. The van der Waals surface area contributed by atoms with Crippen LogP contribution in [0, 0.1) is 0 Å². The Morgan fingerprint density at radius 3 is 2.37 bits per heavy atom. The number of aliphatic imine (C=N–C) groups is 2. The van der Waals surface area contributed by atoms with Crippen LogP contribution >= 0.6 is 0 Å². The summed E-state index contributed by atoms with van der Waals surface area (Å²) >= 11 is 0. The topological polar surface area (TPSA) is 185 Å². The van der Waals surface area contributed by atoms with E-state index in [4.69, 9.17) is 14.6 Å². The van der Waals surface area contributed by atoms with E-state index in [1.165, 1.54) is 25.3 Å². The number of carbonyl (C=O) groups excluding carboxylic acids is 4. The van der Waals surface area contributed by atoms with E-state index in [-0.39, 0.29) is 42.8 Å². The van der Waals surface area contributed by atoms with Crippen molar-refractivity contribution in [3.8, 4) is 22.8 Å². The van der Waals surface area contributed by atoms with Gasteiger partial charge in [-0.1, -0.05) is 24.8 Å². The SMILES string of the molecule is C=CC(=O)N1CCCC(n2nc(-c3ccc(Oc4ccccc4)cc3)c(/C(=N\C)N/C=C(\C(=O)O)C(=O)OCCCCCN3C(=O)C=CC3=O)c2N=C)C1. The minimum absolute atomic E-state index is 0.0729. The average molecular weight is 736 g/mol. The molecular weight excluding hydrogens is 694 g/mol. The van der Waals surface area contributed by atoms with Gasteiger partial charge in [-0.25, -0.2) is 19.3 Å². The number of nitrogens with zero attached hydrogens (tertiary/aromatic N) is 6. The number of para-hydroxylation sites is 1. The Hall–Kier alpha value is -6.64. The number of imide groups is 1. The van der Waals surface area contributed by atoms with Crippen molar-refractivity contribution in [2.24, 2.45) is 9.98 Å². The maximum absolute atomic E-state index is 12.9. The molecule has 15 nitrogen and oxygen atoms in total. The summed E-state index contributed by atoms with van der Waals surface area (Å²) in [5.41, 5.74) is 0.801. The number of piperidine rings is 1. The summed E-state index contributed by atoms with van der Waals surface area (Å²) in [6.45, 7) is 8.51. The van der Waals surface area contributed by atoms with Crippen molar-refractivity contribution >= 4 is 48.0 Å². The first-order valence-electron chi connectivity index (χ1n) is 17.4. The number of aromatic nitrogens is 2. The molecule has 1 aromatic heterocycles. The van der Waals surface area contributed by atoms with Crippen LogP contribution in [0.3, 0.4) is 0 Å². The third kappa shape index (κ3) is 9.23. The molecule has 0 spiro atoms. The molecule has 0 bridgehead atoms. The van der Waals surface area contributed by atoms with Crippen LogP contribution in [-0.2, 0) is 28.7 Å². The molecule has 0 radical (unpaired) electrons. The lowest BCUT2D eigenvalue weighted by Crippen LogP contribution is -2.40. The smallest absolute Gasteiger partial charge is 0.347 e. The molecule has 1 atom stereocenters. The van der Waals surface area contributed by atoms with E-state index in [0.717, 1.165) is 11.1 Å². The van der Waals surface area contributed by atoms with E-state index in [9.17, 15) is 29.1 Å². The van der Waals surface area contributed by atoms with Gasteiger partial charge in [0.15, 0.2) is 11.4 Å². The number of benzene rings is 2. The quantitative estimate of drug-likeness (QED) is 0.0308. The molecule has 54 heavy (non-hydrogen) atoms. The fourth-order valence-corrected chi connectivity index (χ4v) is 6.08. The predicted octanol–water partition coefficient (Wildman–Crippen LogP) is 4.60. The lowest BCUT2D eigenvalue weighted by molar-refractivity contribution is -0.144. The first-order valence-corrected chi connectivity index (χ1v) is 17.4. The number of nitrogens with one attached hydrogen (secondary N) is 1. The molecule has 1 saturated heterocycles. The highest BCUT2D eigenvalue weighted by Crippen LogP contribution is 2.36. The van der Waals surface area contributed by atoms with Gasteiger partial charge in [-0.15, -0.1) is 0 Å². The van der Waals surface area contributed by atoms with Crippen LogP contribution in [0.25, 0.3) is 11.3 Å². The lowest BCUT2D eigenvalue weighted by Gasteiger charge is -2.32. The largest absolute Gasteiger partial charge is 0.477 e. The van der Waals surface area contributed by atoms with Gasteiger partial charge < -0.3 is 24.8 Å². The fraction of sp³-hybridized carbons (Fsp3) is 0.282. The summed E-state index contributed by atoms with van der Waals surface area (Å²) in [4.78, 5) is 72.6. The molecule has 280 valence electrons. The van der Waals surface area contributed by atoms with Crippen molar-refractivity contribution in [3.63, 3.8) is 0 Å². The van der Waals surface area contributed by atoms with Crippen LogP contribution in [0.4, 0.5) is 5.82 Å². The summed E-state index contributed by atoms with van der Waals surface area (Å²) in [5, 5.41) is 17.7. The Morgan fingerprint density at radius 2 is 1.72 bits per heavy atom. The fourth-order valence-electron chi connectivity index (χ4n) is 6.08. The summed E-state index contributed by atoms with van der Waals surface area (Å²) < 4.78 is 12.9. The van der Waals surface area contributed by atoms with Crippen molar-refractivity contribution in [2.45, 2.75) is 38.1 Å². The van der Waals surface area contributed by atoms with Gasteiger partial charge >= 0.3 is 11.9 Å². The van der Waals surface area contributed by atoms with E-state index in [1.807, 2.05) is 42.5 Å². The summed E-state index contributed by atoms with van der Waals surface area (Å²) in [6, 6.07) is 16.2. The maximum atomic E-state index is 12.9. The molecule has 3 heterocycles. The second kappa shape index (κ2) is 18.2. The van der Waals surface area contributed by atoms with Crippen molar-refractivity contribution in [1.29, 1.82) is 0 Å². The van der Waals surface area contributed by atoms with Crippen molar-refractivity contribution in [1.82, 2.24) is 24.9 Å². The molecule has 2 N–H and O–H groups in total. The summed E-state index contributed by atoms with van der Waals surface area (Å²) in [6.07, 6.45) is 7.53. The van der Waals surface area contributed by atoms with E-state index < -0.39 is 17.5 Å². The third-order valence-corrected chi connectivity index (χ3v) is 8.79. The number of likely N-dealkylation sites (tertiary alicyclic amines) is 1. The monoisotopic (exact) mass is 735 g/mol. The number of carboxylic acid groups (broad SMARTS) is 1. The zero-order valence-corrected chi connectivity index (χ0v) is 29.8. The zero-order valence-electron chi connectivity index (χ0n) is 29.8.